The van der Waals surface area contributed by atoms with Crippen LogP contribution in [0.15, 0.2) is 73.1 Å². The highest BCUT2D eigenvalue weighted by atomic mass is 16.2. The number of benzene rings is 2. The highest BCUT2D eigenvalue weighted by molar-refractivity contribution is 6.15. The summed E-state index contributed by atoms with van der Waals surface area (Å²) >= 11 is 0. The number of hydrogen-bond donors (Lipinski definition) is 1. The fraction of sp³-hybridized carbons (Fsp3) is 0.0476. The molecule has 132 valence electrons. The number of primary amides is 1. The van der Waals surface area contributed by atoms with E-state index in [0.29, 0.717) is 22.4 Å². The van der Waals surface area contributed by atoms with Crippen molar-refractivity contribution in [1.29, 1.82) is 0 Å². The molecule has 0 unspecified atom stereocenters. The molecule has 0 aliphatic carbocycles. The van der Waals surface area contributed by atoms with Crippen LogP contribution in [0.3, 0.4) is 0 Å². The number of aromatic nitrogens is 2. The standard InChI is InChI=1S/C21H16N4O2/c22-18(26)13-19(27)25(16-9-1-5-14-7-3-11-23-20(14)16)17-10-2-6-15-8-4-12-24-21(15)17/h1-12H,13H2,(H2,22,26). The first-order valence-electron chi connectivity index (χ1n) is 8.44. The number of nitrogens with zero attached hydrogens (tertiary/aromatic N) is 3. The van der Waals surface area contributed by atoms with Crippen molar-refractivity contribution in [3.05, 3.63) is 73.1 Å². The SMILES string of the molecule is NC(=O)CC(=O)N(c1cccc2cccnc12)c1cccc2cccnc12. The first-order chi connectivity index (χ1) is 13.1. The Kier molecular flexibility index (Phi) is 4.22. The van der Waals surface area contributed by atoms with Gasteiger partial charge in [0.25, 0.3) is 0 Å². The van der Waals surface area contributed by atoms with E-state index in [0.717, 1.165) is 10.8 Å². The van der Waals surface area contributed by atoms with E-state index in [4.69, 9.17) is 5.73 Å². The zero-order valence-corrected chi connectivity index (χ0v) is 14.4. The summed E-state index contributed by atoms with van der Waals surface area (Å²) in [5.74, 6) is -1.12. The van der Waals surface area contributed by atoms with Gasteiger partial charge in [0.2, 0.25) is 11.8 Å². The second-order valence-electron chi connectivity index (χ2n) is 6.08. The molecule has 0 aliphatic rings. The molecule has 2 amide bonds. The van der Waals surface area contributed by atoms with Crippen LogP contribution in [-0.4, -0.2) is 21.8 Å². The molecule has 4 aromatic rings. The van der Waals surface area contributed by atoms with Gasteiger partial charge >= 0.3 is 0 Å². The molecule has 6 nitrogen and oxygen atoms in total. The molecule has 27 heavy (non-hydrogen) atoms. The number of hydrogen-bond acceptors (Lipinski definition) is 4. The Balaban J connectivity index is 2.00. The number of carbonyl (C=O) groups excluding carboxylic acids is 2. The summed E-state index contributed by atoms with van der Waals surface area (Å²) in [6, 6.07) is 18.7. The van der Waals surface area contributed by atoms with Gasteiger partial charge in [-0.25, -0.2) is 0 Å². The highest BCUT2D eigenvalue weighted by Crippen LogP contribution is 2.35. The van der Waals surface area contributed by atoms with E-state index in [1.165, 1.54) is 4.90 Å². The maximum Gasteiger partial charge on any atom is 0.241 e. The number of rotatable bonds is 4. The van der Waals surface area contributed by atoms with Crippen molar-refractivity contribution in [2.45, 2.75) is 6.42 Å². The Hall–Kier alpha value is -3.80. The smallest absolute Gasteiger partial charge is 0.241 e. The van der Waals surface area contributed by atoms with Gasteiger partial charge in [-0.2, -0.15) is 0 Å². The summed E-state index contributed by atoms with van der Waals surface area (Å²) in [5, 5.41) is 1.78. The van der Waals surface area contributed by atoms with E-state index in [2.05, 4.69) is 9.97 Å². The molecule has 0 saturated carbocycles. The summed E-state index contributed by atoms with van der Waals surface area (Å²) in [4.78, 5) is 34.8. The Morgan fingerprint density at radius 3 is 1.74 bits per heavy atom. The van der Waals surface area contributed by atoms with Crippen molar-refractivity contribution in [2.24, 2.45) is 5.73 Å². The summed E-state index contributed by atoms with van der Waals surface area (Å²) in [6.07, 6.45) is 2.93. The van der Waals surface area contributed by atoms with Crippen LogP contribution in [0.2, 0.25) is 0 Å². The number of fused-ring (bicyclic) bond motifs is 2. The molecule has 4 rings (SSSR count). The minimum absolute atomic E-state index is 0.410. The van der Waals surface area contributed by atoms with Crippen molar-refractivity contribution in [1.82, 2.24) is 9.97 Å². The molecule has 0 fully saturated rings. The first-order valence-corrected chi connectivity index (χ1v) is 8.44. The quantitative estimate of drug-likeness (QED) is 0.568. The molecule has 0 radical (unpaired) electrons. The predicted molar refractivity (Wildman–Crippen MR) is 104 cm³/mol. The van der Waals surface area contributed by atoms with E-state index in [-0.39, 0.29) is 0 Å². The molecule has 0 bridgehead atoms. The molecular formula is C21H16N4O2. The Morgan fingerprint density at radius 2 is 1.26 bits per heavy atom. The second kappa shape index (κ2) is 6.84. The number of nitrogens with two attached hydrogens (primary N) is 1. The van der Waals surface area contributed by atoms with Gasteiger partial charge in [-0.05, 0) is 24.3 Å². The summed E-state index contributed by atoms with van der Waals surface area (Å²) < 4.78 is 0. The lowest BCUT2D eigenvalue weighted by Gasteiger charge is -2.24. The third-order valence-corrected chi connectivity index (χ3v) is 4.28. The molecule has 0 saturated heterocycles. The lowest BCUT2D eigenvalue weighted by Crippen LogP contribution is -2.30. The van der Waals surface area contributed by atoms with E-state index in [9.17, 15) is 9.59 Å². The van der Waals surface area contributed by atoms with E-state index >= 15 is 0 Å². The van der Waals surface area contributed by atoms with Gasteiger partial charge in [0.05, 0.1) is 22.4 Å². The number of anilines is 2. The fourth-order valence-corrected chi connectivity index (χ4v) is 3.16. The van der Waals surface area contributed by atoms with Gasteiger partial charge in [-0.1, -0.05) is 36.4 Å². The van der Waals surface area contributed by atoms with Gasteiger partial charge in [0, 0.05) is 23.2 Å². The van der Waals surface area contributed by atoms with Crippen LogP contribution in [0.25, 0.3) is 21.8 Å². The lowest BCUT2D eigenvalue weighted by molar-refractivity contribution is -0.125. The molecule has 0 atom stereocenters. The topological polar surface area (TPSA) is 89.2 Å². The lowest BCUT2D eigenvalue weighted by atomic mass is 10.1. The first kappa shape index (κ1) is 16.7. The predicted octanol–water partition coefficient (Wildman–Crippen LogP) is 3.32. The Morgan fingerprint density at radius 1 is 0.778 bits per heavy atom. The maximum absolute atomic E-state index is 13.0. The van der Waals surface area contributed by atoms with Crippen molar-refractivity contribution in [3.8, 4) is 0 Å². The minimum Gasteiger partial charge on any atom is -0.369 e. The molecular weight excluding hydrogens is 340 g/mol. The van der Waals surface area contributed by atoms with Gasteiger partial charge in [0.15, 0.2) is 0 Å². The van der Waals surface area contributed by atoms with Crippen LogP contribution >= 0.6 is 0 Å². The van der Waals surface area contributed by atoms with E-state index in [1.807, 2.05) is 48.5 Å². The maximum atomic E-state index is 13.0. The number of para-hydroxylation sites is 2. The Bertz CT molecular complexity index is 1080. The third kappa shape index (κ3) is 3.08. The van der Waals surface area contributed by atoms with Gasteiger partial charge in [-0.15, -0.1) is 0 Å². The zero-order valence-electron chi connectivity index (χ0n) is 14.4. The van der Waals surface area contributed by atoms with Crippen LogP contribution in [0.4, 0.5) is 11.4 Å². The van der Waals surface area contributed by atoms with Crippen molar-refractivity contribution >= 4 is 45.0 Å². The van der Waals surface area contributed by atoms with Gasteiger partial charge in [0.1, 0.15) is 6.42 Å². The van der Waals surface area contributed by atoms with E-state index < -0.39 is 18.2 Å². The van der Waals surface area contributed by atoms with E-state index in [1.54, 1.807) is 24.5 Å². The summed E-state index contributed by atoms with van der Waals surface area (Å²) in [5.41, 5.74) is 7.77. The van der Waals surface area contributed by atoms with Crippen molar-refractivity contribution in [2.75, 3.05) is 4.90 Å². The Labute approximate surface area is 155 Å². The van der Waals surface area contributed by atoms with Gasteiger partial charge in [-0.3, -0.25) is 24.5 Å². The second-order valence-corrected chi connectivity index (χ2v) is 6.08. The summed E-state index contributed by atoms with van der Waals surface area (Å²) in [6.45, 7) is 0. The average Bonchev–Trinajstić information content (AvgIpc) is 2.68. The molecule has 0 spiro atoms. The minimum atomic E-state index is -0.689. The molecule has 2 N–H and O–H groups in total. The molecule has 6 heteroatoms. The van der Waals surface area contributed by atoms with Gasteiger partial charge < -0.3 is 5.73 Å². The average molecular weight is 356 g/mol. The highest BCUT2D eigenvalue weighted by Gasteiger charge is 2.24. The fourth-order valence-electron chi connectivity index (χ4n) is 3.16. The van der Waals surface area contributed by atoms with Crippen LogP contribution < -0.4 is 10.6 Å². The van der Waals surface area contributed by atoms with Crippen LogP contribution in [0, 0.1) is 0 Å². The third-order valence-electron chi connectivity index (χ3n) is 4.28. The summed E-state index contributed by atoms with van der Waals surface area (Å²) in [7, 11) is 0. The number of pyridine rings is 2. The molecule has 2 aromatic carbocycles. The van der Waals surface area contributed by atoms with Crippen molar-refractivity contribution in [3.63, 3.8) is 0 Å². The number of amides is 2. The number of carbonyl (C=O) groups is 2. The van der Waals surface area contributed by atoms with Crippen LogP contribution in [0.1, 0.15) is 6.42 Å². The zero-order chi connectivity index (χ0) is 18.8. The molecule has 0 aliphatic heterocycles. The molecule has 2 aromatic heterocycles. The largest absolute Gasteiger partial charge is 0.369 e. The van der Waals surface area contributed by atoms with Crippen LogP contribution in [-0.2, 0) is 9.59 Å². The monoisotopic (exact) mass is 356 g/mol. The van der Waals surface area contributed by atoms with Crippen molar-refractivity contribution < 1.29 is 9.59 Å². The normalized spacial score (nSPS) is 10.8. The molecule has 2 heterocycles. The van der Waals surface area contributed by atoms with Crippen LogP contribution in [0.5, 0.6) is 0 Å².